The van der Waals surface area contributed by atoms with Gasteiger partial charge in [-0.15, -0.1) is 0 Å². The Kier molecular flexibility index (Phi) is 4.14. The third-order valence-corrected chi connectivity index (χ3v) is 5.47. The number of benzene rings is 1. The number of hydrogen-bond acceptors (Lipinski definition) is 4. The number of sulfonamides is 1. The van der Waals surface area contributed by atoms with Crippen molar-refractivity contribution in [2.45, 2.75) is 17.7 Å². The van der Waals surface area contributed by atoms with Crippen LogP contribution in [0.1, 0.15) is 17.3 Å². The van der Waals surface area contributed by atoms with Gasteiger partial charge in [0.2, 0.25) is 10.0 Å². The molecule has 1 heterocycles. The van der Waals surface area contributed by atoms with E-state index in [1.165, 1.54) is 19.2 Å². The molecule has 1 aliphatic heterocycles. The lowest BCUT2D eigenvalue weighted by atomic mass is 9.97. The van der Waals surface area contributed by atoms with Crippen LogP contribution in [-0.2, 0) is 10.0 Å². The van der Waals surface area contributed by atoms with Crippen molar-refractivity contribution in [3.05, 3.63) is 23.8 Å². The molecule has 0 spiro atoms. The molecule has 0 aromatic heterocycles. The van der Waals surface area contributed by atoms with E-state index in [4.69, 9.17) is 10.5 Å². The van der Waals surface area contributed by atoms with Crippen LogP contribution in [0.2, 0.25) is 0 Å². The molecule has 2 rings (SSSR count). The first-order chi connectivity index (χ1) is 10.1. The molecule has 1 fully saturated rings. The first-order valence-corrected chi connectivity index (χ1v) is 7.87. The zero-order valence-corrected chi connectivity index (χ0v) is 12.9. The van der Waals surface area contributed by atoms with E-state index in [1.54, 1.807) is 0 Å². The molecule has 0 radical (unpaired) electrons. The van der Waals surface area contributed by atoms with Crippen molar-refractivity contribution in [3.8, 4) is 5.75 Å². The van der Waals surface area contributed by atoms with E-state index in [0.717, 1.165) is 17.3 Å². The van der Waals surface area contributed by atoms with Gasteiger partial charge in [0.25, 0.3) is 11.8 Å². The Hall–Kier alpha value is -1.74. The van der Waals surface area contributed by atoms with Crippen molar-refractivity contribution in [1.82, 2.24) is 4.31 Å². The standard InChI is InChI=1S/C13H16F2N2O4S/c1-13(14,15)8-6-17(7-8)22(19,20)9-3-4-11(21-2)10(5-9)12(16)18/h3-5,8H,6-7H2,1-2H3,(H2,16,18). The number of amides is 1. The van der Waals surface area contributed by atoms with Crippen LogP contribution in [0.4, 0.5) is 8.78 Å². The van der Waals surface area contributed by atoms with Gasteiger partial charge in [-0.25, -0.2) is 17.2 Å². The number of carbonyl (C=O) groups excluding carboxylic acids is 1. The first kappa shape index (κ1) is 16.6. The van der Waals surface area contributed by atoms with Gasteiger partial charge in [0.15, 0.2) is 0 Å². The fraction of sp³-hybridized carbons (Fsp3) is 0.462. The van der Waals surface area contributed by atoms with Crippen molar-refractivity contribution in [2.75, 3.05) is 20.2 Å². The lowest BCUT2D eigenvalue weighted by Gasteiger charge is -2.40. The highest BCUT2D eigenvalue weighted by atomic mass is 32.2. The molecule has 1 aromatic carbocycles. The maximum absolute atomic E-state index is 13.1. The van der Waals surface area contributed by atoms with Gasteiger partial charge < -0.3 is 10.5 Å². The highest BCUT2D eigenvalue weighted by Gasteiger charge is 2.47. The smallest absolute Gasteiger partial charge is 0.252 e. The molecule has 0 bridgehead atoms. The van der Waals surface area contributed by atoms with E-state index in [0.29, 0.717) is 0 Å². The van der Waals surface area contributed by atoms with E-state index in [9.17, 15) is 22.0 Å². The van der Waals surface area contributed by atoms with Crippen molar-refractivity contribution in [2.24, 2.45) is 11.7 Å². The summed E-state index contributed by atoms with van der Waals surface area (Å²) in [6, 6.07) is 3.64. The predicted molar refractivity (Wildman–Crippen MR) is 74.4 cm³/mol. The minimum Gasteiger partial charge on any atom is -0.496 e. The Bertz CT molecular complexity index is 694. The highest BCUT2D eigenvalue weighted by molar-refractivity contribution is 7.89. The molecule has 0 unspecified atom stereocenters. The van der Waals surface area contributed by atoms with E-state index in [-0.39, 0.29) is 29.3 Å². The third-order valence-electron chi connectivity index (χ3n) is 3.64. The Morgan fingerprint density at radius 2 is 2.00 bits per heavy atom. The van der Waals surface area contributed by atoms with Gasteiger partial charge in [-0.1, -0.05) is 0 Å². The maximum atomic E-state index is 13.1. The van der Waals surface area contributed by atoms with Gasteiger partial charge in [0, 0.05) is 13.1 Å². The van der Waals surface area contributed by atoms with Gasteiger partial charge in [0.05, 0.1) is 23.5 Å². The molecule has 0 atom stereocenters. The largest absolute Gasteiger partial charge is 0.496 e. The van der Waals surface area contributed by atoms with Crippen LogP contribution < -0.4 is 10.5 Å². The minimum atomic E-state index is -3.94. The summed E-state index contributed by atoms with van der Waals surface area (Å²) in [5.74, 6) is -4.62. The first-order valence-electron chi connectivity index (χ1n) is 6.43. The maximum Gasteiger partial charge on any atom is 0.252 e. The van der Waals surface area contributed by atoms with Crippen molar-refractivity contribution < 1.29 is 26.7 Å². The Labute approximate surface area is 126 Å². The quantitative estimate of drug-likeness (QED) is 0.872. The van der Waals surface area contributed by atoms with Crippen LogP contribution in [0.15, 0.2) is 23.1 Å². The number of hydrogen-bond donors (Lipinski definition) is 1. The molecule has 22 heavy (non-hydrogen) atoms. The molecule has 0 aliphatic carbocycles. The number of nitrogens with two attached hydrogens (primary N) is 1. The average molecular weight is 334 g/mol. The second kappa shape index (κ2) is 5.47. The Morgan fingerprint density at radius 1 is 1.41 bits per heavy atom. The summed E-state index contributed by atoms with van der Waals surface area (Å²) < 4.78 is 56.8. The fourth-order valence-electron chi connectivity index (χ4n) is 2.14. The van der Waals surface area contributed by atoms with Gasteiger partial charge in [-0.05, 0) is 25.1 Å². The van der Waals surface area contributed by atoms with E-state index >= 15 is 0 Å². The zero-order valence-electron chi connectivity index (χ0n) is 12.0. The zero-order chi connectivity index (χ0) is 16.7. The number of halogens is 2. The Balaban J connectivity index is 2.28. The van der Waals surface area contributed by atoms with Crippen molar-refractivity contribution in [3.63, 3.8) is 0 Å². The average Bonchev–Trinajstić information content (AvgIpc) is 2.33. The number of nitrogens with zero attached hydrogens (tertiary/aromatic N) is 1. The second-order valence-electron chi connectivity index (χ2n) is 5.20. The van der Waals surface area contributed by atoms with Crippen molar-refractivity contribution >= 4 is 15.9 Å². The fourth-order valence-corrected chi connectivity index (χ4v) is 3.70. The molecule has 1 amide bonds. The number of ether oxygens (including phenoxy) is 1. The highest BCUT2D eigenvalue weighted by Crippen LogP contribution is 2.35. The molecule has 1 aromatic rings. The predicted octanol–water partition coefficient (Wildman–Crippen LogP) is 1.07. The van der Waals surface area contributed by atoms with Gasteiger partial charge in [0.1, 0.15) is 5.75 Å². The van der Waals surface area contributed by atoms with Gasteiger partial charge in [-0.3, -0.25) is 4.79 Å². The van der Waals surface area contributed by atoms with Crippen LogP contribution in [0.25, 0.3) is 0 Å². The molecule has 1 saturated heterocycles. The van der Waals surface area contributed by atoms with Crippen LogP contribution in [0.5, 0.6) is 5.75 Å². The van der Waals surface area contributed by atoms with Crippen LogP contribution >= 0.6 is 0 Å². The normalized spacial score (nSPS) is 17.1. The summed E-state index contributed by atoms with van der Waals surface area (Å²) in [5, 5.41) is 0. The molecule has 0 saturated carbocycles. The molecule has 1 aliphatic rings. The summed E-state index contributed by atoms with van der Waals surface area (Å²) in [7, 11) is -2.62. The van der Waals surface area contributed by atoms with Crippen LogP contribution in [0, 0.1) is 5.92 Å². The molecule has 6 nitrogen and oxygen atoms in total. The van der Waals surface area contributed by atoms with Gasteiger partial charge in [-0.2, -0.15) is 4.31 Å². The van der Waals surface area contributed by atoms with Crippen molar-refractivity contribution in [1.29, 1.82) is 0 Å². The lowest BCUT2D eigenvalue weighted by Crippen LogP contribution is -2.55. The van der Waals surface area contributed by atoms with Crippen LogP contribution in [0.3, 0.4) is 0 Å². The molecular weight excluding hydrogens is 318 g/mol. The third kappa shape index (κ3) is 2.91. The summed E-state index contributed by atoms with van der Waals surface area (Å²) in [5.41, 5.74) is 5.10. The number of alkyl halides is 2. The van der Waals surface area contributed by atoms with E-state index in [1.807, 2.05) is 0 Å². The monoisotopic (exact) mass is 334 g/mol. The molecular formula is C13H16F2N2O4S. The SMILES string of the molecule is COc1ccc(S(=O)(=O)N2CC(C(C)(F)F)C2)cc1C(N)=O. The summed E-state index contributed by atoms with van der Waals surface area (Å²) in [6.07, 6.45) is 0. The topological polar surface area (TPSA) is 89.7 Å². The Morgan fingerprint density at radius 3 is 2.45 bits per heavy atom. The molecule has 2 N–H and O–H groups in total. The number of methoxy groups -OCH3 is 1. The van der Waals surface area contributed by atoms with Gasteiger partial charge >= 0.3 is 0 Å². The summed E-state index contributed by atoms with van der Waals surface area (Å²) >= 11 is 0. The minimum absolute atomic E-state index is 0.0820. The molecule has 122 valence electrons. The van der Waals surface area contributed by atoms with E-state index in [2.05, 4.69) is 0 Å². The molecule has 9 heteroatoms. The number of carbonyl (C=O) groups is 1. The summed E-state index contributed by atoms with van der Waals surface area (Å²) in [6.45, 7) is 0.244. The number of rotatable bonds is 5. The van der Waals surface area contributed by atoms with E-state index < -0.39 is 27.8 Å². The second-order valence-corrected chi connectivity index (χ2v) is 7.14. The lowest BCUT2D eigenvalue weighted by molar-refractivity contribution is -0.0815. The van der Waals surface area contributed by atoms with Crippen LogP contribution in [-0.4, -0.2) is 44.8 Å². The summed E-state index contributed by atoms with van der Waals surface area (Å²) in [4.78, 5) is 11.2. The number of primary amides is 1.